The second-order valence-corrected chi connectivity index (χ2v) is 20.0. The van der Waals surface area contributed by atoms with Crippen LogP contribution in [0.15, 0.2) is 134 Å². The van der Waals surface area contributed by atoms with Crippen LogP contribution < -0.4 is 4.74 Å². The summed E-state index contributed by atoms with van der Waals surface area (Å²) in [6.45, 7) is 21.9. The van der Waals surface area contributed by atoms with Crippen LogP contribution in [0.4, 0.5) is 0 Å². The van der Waals surface area contributed by atoms with E-state index in [1.165, 1.54) is 16.7 Å². The lowest BCUT2D eigenvalue weighted by Crippen LogP contribution is -2.11. The number of ether oxygens (including phenoxy) is 1. The highest BCUT2D eigenvalue weighted by atomic mass is 16.5. The molecule has 0 aliphatic rings. The minimum absolute atomic E-state index is 0.0486. The van der Waals surface area contributed by atoms with Crippen LogP contribution in [0.25, 0.3) is 72.7 Å². The molecule has 0 bridgehead atoms. The van der Waals surface area contributed by atoms with E-state index < -0.39 is 6.85 Å². The summed E-state index contributed by atoms with van der Waals surface area (Å²) in [5.74, 6) is 1.43. The Hall–Kier alpha value is -6.26. The van der Waals surface area contributed by atoms with E-state index in [2.05, 4.69) is 190 Å². The third-order valence-corrected chi connectivity index (χ3v) is 12.1. The molecule has 0 amide bonds. The summed E-state index contributed by atoms with van der Waals surface area (Å²) in [4.78, 5) is 10.6. The molecule has 8 rings (SSSR count). The SMILES string of the molecule is [2H]C([2H])([2H])c1ccc(-n2c(-c3cc(C)cc(C)c3OC)nc3c(-c4cc(-c5cc(-c6ccc(C(C)(C)C)cc6)ccn5)cc(C(C)(C)C)c4)cccc32)c(-c2ccc(C(C)(C)C)cc2)c1. The first-order chi connectivity index (χ1) is 30.5. The second kappa shape index (κ2) is 15.9. The fraction of sp³-hybridized carbons (Fsp3) is 0.276. The maximum Gasteiger partial charge on any atom is 0.149 e. The van der Waals surface area contributed by atoms with Crippen molar-refractivity contribution < 1.29 is 8.85 Å². The van der Waals surface area contributed by atoms with Crippen LogP contribution in [0, 0.1) is 20.7 Å². The van der Waals surface area contributed by atoms with Gasteiger partial charge < -0.3 is 4.74 Å². The number of rotatable bonds is 7. The Morgan fingerprint density at radius 2 is 1.16 bits per heavy atom. The predicted molar refractivity (Wildman–Crippen MR) is 263 cm³/mol. The molecule has 4 nitrogen and oxygen atoms in total. The number of imidazole rings is 1. The molecule has 0 N–H and O–H groups in total. The number of hydrogen-bond acceptors (Lipinski definition) is 3. The number of benzene rings is 6. The summed E-state index contributed by atoms with van der Waals surface area (Å²) in [5.41, 5.74) is 17.1. The number of hydrogen-bond donors (Lipinski definition) is 0. The Balaban J connectivity index is 1.39. The summed E-state index contributed by atoms with van der Waals surface area (Å²) in [6, 6.07) is 44.5. The van der Waals surface area contributed by atoms with Gasteiger partial charge in [-0.2, -0.15) is 0 Å². The summed E-state index contributed by atoms with van der Waals surface area (Å²) in [5, 5.41) is 0. The summed E-state index contributed by atoms with van der Waals surface area (Å²) < 4.78 is 33.7. The molecule has 314 valence electrons. The number of para-hydroxylation sites is 1. The van der Waals surface area contributed by atoms with Gasteiger partial charge >= 0.3 is 0 Å². The van der Waals surface area contributed by atoms with Crippen molar-refractivity contribution in [3.8, 4) is 67.5 Å². The largest absolute Gasteiger partial charge is 0.496 e. The molecule has 4 heteroatoms. The Morgan fingerprint density at radius 3 is 1.79 bits per heavy atom. The molecule has 6 aromatic carbocycles. The van der Waals surface area contributed by atoms with Gasteiger partial charge in [0.1, 0.15) is 11.6 Å². The number of methoxy groups -OCH3 is 1. The molecule has 0 radical (unpaired) electrons. The van der Waals surface area contributed by atoms with E-state index in [0.29, 0.717) is 5.82 Å². The van der Waals surface area contributed by atoms with E-state index in [0.717, 1.165) is 83.8 Å². The zero-order chi connectivity index (χ0) is 46.8. The molecule has 62 heavy (non-hydrogen) atoms. The third kappa shape index (κ3) is 8.23. The average molecular weight is 819 g/mol. The third-order valence-electron chi connectivity index (χ3n) is 12.1. The van der Waals surface area contributed by atoms with Gasteiger partial charge in [-0.3, -0.25) is 9.55 Å². The lowest BCUT2D eigenvalue weighted by molar-refractivity contribution is 0.413. The molecule has 0 fully saturated rings. The van der Waals surface area contributed by atoms with Crippen LogP contribution in [0.3, 0.4) is 0 Å². The van der Waals surface area contributed by atoms with E-state index >= 15 is 0 Å². The van der Waals surface area contributed by atoms with Crippen LogP contribution in [0.1, 0.15) is 99.8 Å². The van der Waals surface area contributed by atoms with Crippen LogP contribution in [-0.4, -0.2) is 21.6 Å². The molecule has 2 heterocycles. The van der Waals surface area contributed by atoms with Gasteiger partial charge in [-0.05, 0) is 136 Å². The topological polar surface area (TPSA) is 39.9 Å². The van der Waals surface area contributed by atoms with Crippen LogP contribution in [0.2, 0.25) is 0 Å². The molecule has 0 aliphatic carbocycles. The zero-order valence-electron chi connectivity index (χ0n) is 41.5. The number of aromatic nitrogens is 3. The van der Waals surface area contributed by atoms with Gasteiger partial charge in [0.05, 0.1) is 35.1 Å². The van der Waals surface area contributed by atoms with Gasteiger partial charge in [-0.1, -0.05) is 147 Å². The van der Waals surface area contributed by atoms with Crippen molar-refractivity contribution in [2.75, 3.05) is 7.11 Å². The van der Waals surface area contributed by atoms with Crippen LogP contribution >= 0.6 is 0 Å². The highest BCUT2D eigenvalue weighted by Gasteiger charge is 2.25. The Morgan fingerprint density at radius 1 is 0.532 bits per heavy atom. The highest BCUT2D eigenvalue weighted by Crippen LogP contribution is 2.43. The lowest BCUT2D eigenvalue weighted by Gasteiger charge is -2.22. The molecule has 8 aromatic rings. The minimum atomic E-state index is -2.30. The van der Waals surface area contributed by atoms with Crippen molar-refractivity contribution in [2.45, 2.75) is 99.3 Å². The van der Waals surface area contributed by atoms with Crippen LogP contribution in [-0.2, 0) is 16.2 Å². The summed E-state index contributed by atoms with van der Waals surface area (Å²) in [6.07, 6.45) is 1.91. The fourth-order valence-corrected chi connectivity index (χ4v) is 8.55. The molecule has 0 saturated heterocycles. The van der Waals surface area contributed by atoms with E-state index in [-0.39, 0.29) is 21.8 Å². The first kappa shape index (κ1) is 38.6. The Bertz CT molecular complexity index is 3060. The second-order valence-electron chi connectivity index (χ2n) is 20.0. The van der Waals surface area contributed by atoms with E-state index in [9.17, 15) is 0 Å². The quantitative estimate of drug-likeness (QED) is 0.161. The number of nitrogens with zero attached hydrogens (tertiary/aromatic N) is 3. The lowest BCUT2D eigenvalue weighted by atomic mass is 9.83. The number of fused-ring (bicyclic) bond motifs is 1. The normalized spacial score (nSPS) is 13.2. The van der Waals surface area contributed by atoms with Crippen molar-refractivity contribution in [1.29, 1.82) is 0 Å². The molecule has 2 aromatic heterocycles. The fourth-order valence-electron chi connectivity index (χ4n) is 8.55. The highest BCUT2D eigenvalue weighted by molar-refractivity contribution is 5.98. The smallest absolute Gasteiger partial charge is 0.149 e. The van der Waals surface area contributed by atoms with Crippen molar-refractivity contribution in [2.24, 2.45) is 0 Å². The van der Waals surface area contributed by atoms with Gasteiger partial charge in [0.2, 0.25) is 0 Å². The first-order valence-electron chi connectivity index (χ1n) is 23.2. The average Bonchev–Trinajstić information content (AvgIpc) is 3.64. The number of pyridine rings is 1. The maximum atomic E-state index is 8.44. The standard InChI is InChI=1S/C58H61N3O/c1-36-17-26-51(48(30-36)40-20-24-45(25-21-40)57(7,8)9)61-52-16-14-15-47(53(52)60-55(61)49-31-37(2)29-38(3)54(49)62-13)42-32-43(34-46(33-42)58(10,11)12)50-35-41(27-28-59-50)39-18-22-44(23-19-39)56(4,5)6/h14-35H,1-13H3/i1D3. The van der Waals surface area contributed by atoms with Crippen molar-refractivity contribution >= 4 is 11.0 Å². The van der Waals surface area contributed by atoms with E-state index in [4.69, 9.17) is 18.8 Å². The summed E-state index contributed by atoms with van der Waals surface area (Å²) in [7, 11) is 1.70. The Labute approximate surface area is 373 Å². The molecular weight excluding hydrogens is 755 g/mol. The zero-order valence-corrected chi connectivity index (χ0v) is 38.5. The van der Waals surface area contributed by atoms with E-state index in [1.54, 1.807) is 13.2 Å². The van der Waals surface area contributed by atoms with Crippen molar-refractivity contribution in [3.63, 3.8) is 0 Å². The van der Waals surface area contributed by atoms with Crippen molar-refractivity contribution in [1.82, 2.24) is 14.5 Å². The monoisotopic (exact) mass is 819 g/mol. The van der Waals surface area contributed by atoms with Gasteiger partial charge in [-0.25, -0.2) is 4.98 Å². The minimum Gasteiger partial charge on any atom is -0.496 e. The van der Waals surface area contributed by atoms with Crippen LogP contribution in [0.5, 0.6) is 5.75 Å². The van der Waals surface area contributed by atoms with Gasteiger partial charge in [0.15, 0.2) is 0 Å². The predicted octanol–water partition coefficient (Wildman–Crippen LogP) is 15.6. The molecular formula is C58H61N3O. The molecule has 0 spiro atoms. The molecule has 0 unspecified atom stereocenters. The van der Waals surface area contributed by atoms with Gasteiger partial charge in [0.25, 0.3) is 0 Å². The molecule has 0 saturated carbocycles. The van der Waals surface area contributed by atoms with Gasteiger partial charge in [-0.15, -0.1) is 0 Å². The van der Waals surface area contributed by atoms with Gasteiger partial charge in [0, 0.05) is 27.0 Å². The maximum absolute atomic E-state index is 8.44. The Kier molecular flexibility index (Phi) is 9.91. The van der Waals surface area contributed by atoms with Crippen molar-refractivity contribution in [3.05, 3.63) is 167 Å². The first-order valence-corrected chi connectivity index (χ1v) is 21.7. The summed E-state index contributed by atoms with van der Waals surface area (Å²) >= 11 is 0. The molecule has 0 aliphatic heterocycles. The number of aryl methyl sites for hydroxylation is 3. The molecule has 0 atom stereocenters. The van der Waals surface area contributed by atoms with E-state index in [1.807, 2.05) is 18.3 Å².